The molecule has 1 aliphatic heterocycles. The van der Waals surface area contributed by atoms with Crippen molar-refractivity contribution in [3.8, 4) is 0 Å². The van der Waals surface area contributed by atoms with Gasteiger partial charge in [-0.05, 0) is 34.7 Å². The van der Waals surface area contributed by atoms with Gasteiger partial charge in [0, 0.05) is 18.0 Å². The van der Waals surface area contributed by atoms with Crippen molar-refractivity contribution in [3.63, 3.8) is 0 Å². The number of aliphatic imine (C=N–C) groups is 1. The molecule has 0 amide bonds. The van der Waals surface area contributed by atoms with E-state index in [4.69, 9.17) is 4.99 Å². The molecule has 122 valence electrons. The number of allylic oxidation sites excluding steroid dienone is 1. The maximum absolute atomic E-state index is 11.5. The zero-order valence-corrected chi connectivity index (χ0v) is 14.3. The van der Waals surface area contributed by atoms with Gasteiger partial charge in [0.25, 0.3) is 0 Å². The Labute approximate surface area is 150 Å². The summed E-state index contributed by atoms with van der Waals surface area (Å²) in [6, 6.07) is 18.0. The number of aromatic nitrogens is 1. The maximum atomic E-state index is 11.5. The van der Waals surface area contributed by atoms with E-state index < -0.39 is 0 Å². The lowest BCUT2D eigenvalue weighted by Crippen LogP contribution is -2.11. The molecule has 0 spiro atoms. The number of hydrogen-bond donors (Lipinski definition) is 0. The Balaban J connectivity index is 1.82. The number of benzene rings is 1. The van der Waals surface area contributed by atoms with Crippen LogP contribution in [-0.2, 0) is 0 Å². The summed E-state index contributed by atoms with van der Waals surface area (Å²) in [5, 5.41) is 1.95. The highest BCUT2D eigenvalue weighted by Gasteiger charge is 2.25. The number of carbonyl (C=O) groups excluding carboxylic acids is 1. The Bertz CT molecular complexity index is 929. The van der Waals surface area contributed by atoms with E-state index in [1.807, 2.05) is 54.1 Å². The SMILES string of the molecule is O=Cc1sccc1C1=CC(c2ccccn2)C=NC1c1ccccc1. The molecule has 3 nitrogen and oxygen atoms in total. The molecule has 0 saturated carbocycles. The van der Waals surface area contributed by atoms with E-state index in [1.165, 1.54) is 11.3 Å². The first-order chi connectivity index (χ1) is 12.4. The van der Waals surface area contributed by atoms with Crippen LogP contribution < -0.4 is 0 Å². The molecular weight excluding hydrogens is 328 g/mol. The number of thiophene rings is 1. The molecule has 0 N–H and O–H groups in total. The Morgan fingerprint density at radius 3 is 2.60 bits per heavy atom. The molecule has 0 aliphatic carbocycles. The molecule has 2 unspecified atom stereocenters. The van der Waals surface area contributed by atoms with Gasteiger partial charge in [-0.1, -0.05) is 42.5 Å². The summed E-state index contributed by atoms with van der Waals surface area (Å²) in [4.78, 5) is 21.5. The summed E-state index contributed by atoms with van der Waals surface area (Å²) in [5.41, 5.74) is 4.10. The number of pyridine rings is 1. The summed E-state index contributed by atoms with van der Waals surface area (Å²) in [7, 11) is 0. The lowest BCUT2D eigenvalue weighted by molar-refractivity contribution is 0.112. The standard InChI is InChI=1S/C21H16N2OS/c24-14-20-17(9-11-25-20)18-12-16(19-8-4-5-10-22-19)13-23-21(18)15-6-2-1-3-7-15/h1-14,16,21H. The van der Waals surface area contributed by atoms with E-state index in [9.17, 15) is 4.79 Å². The predicted octanol–water partition coefficient (Wildman–Crippen LogP) is 4.95. The van der Waals surface area contributed by atoms with Crippen LogP contribution in [0.3, 0.4) is 0 Å². The van der Waals surface area contributed by atoms with Crippen molar-refractivity contribution in [1.29, 1.82) is 0 Å². The highest BCUT2D eigenvalue weighted by atomic mass is 32.1. The first kappa shape index (κ1) is 15.7. The van der Waals surface area contributed by atoms with Crippen LogP contribution in [0.4, 0.5) is 0 Å². The largest absolute Gasteiger partial charge is 0.297 e. The average Bonchev–Trinajstić information content (AvgIpc) is 3.17. The average molecular weight is 344 g/mol. The highest BCUT2D eigenvalue weighted by molar-refractivity contribution is 7.12. The smallest absolute Gasteiger partial charge is 0.160 e. The van der Waals surface area contributed by atoms with Crippen molar-refractivity contribution >= 4 is 29.4 Å². The molecule has 1 aliphatic rings. The van der Waals surface area contributed by atoms with Crippen LogP contribution in [0.1, 0.15) is 38.5 Å². The van der Waals surface area contributed by atoms with Gasteiger partial charge in [0.15, 0.2) is 6.29 Å². The Hall–Kier alpha value is -2.85. The molecule has 0 saturated heterocycles. The normalized spacial score (nSPS) is 19.4. The van der Waals surface area contributed by atoms with Gasteiger partial charge in [0.2, 0.25) is 0 Å². The summed E-state index contributed by atoms with van der Waals surface area (Å²) >= 11 is 1.46. The van der Waals surface area contributed by atoms with Crippen molar-refractivity contribution < 1.29 is 4.79 Å². The fourth-order valence-corrected chi connectivity index (χ4v) is 3.83. The molecule has 25 heavy (non-hydrogen) atoms. The molecule has 0 fully saturated rings. The molecule has 2 aromatic heterocycles. The third-order valence-electron chi connectivity index (χ3n) is 4.31. The van der Waals surface area contributed by atoms with Gasteiger partial charge >= 0.3 is 0 Å². The third-order valence-corrected chi connectivity index (χ3v) is 5.15. The van der Waals surface area contributed by atoms with Crippen LogP contribution in [0, 0.1) is 0 Å². The van der Waals surface area contributed by atoms with E-state index in [0.29, 0.717) is 0 Å². The highest BCUT2D eigenvalue weighted by Crippen LogP contribution is 2.40. The molecular formula is C21H16N2OS. The van der Waals surface area contributed by atoms with E-state index in [2.05, 4.69) is 23.2 Å². The van der Waals surface area contributed by atoms with Crippen molar-refractivity contribution in [2.45, 2.75) is 12.0 Å². The van der Waals surface area contributed by atoms with Crippen LogP contribution in [0.15, 0.2) is 77.2 Å². The zero-order valence-electron chi connectivity index (χ0n) is 13.4. The van der Waals surface area contributed by atoms with E-state index in [-0.39, 0.29) is 12.0 Å². The summed E-state index contributed by atoms with van der Waals surface area (Å²) in [6.07, 6.45) is 6.86. The van der Waals surface area contributed by atoms with Gasteiger partial charge in [0.1, 0.15) is 0 Å². The molecule has 4 rings (SSSR count). The van der Waals surface area contributed by atoms with E-state index in [0.717, 1.165) is 33.6 Å². The maximum Gasteiger partial charge on any atom is 0.160 e. The molecule has 4 heteroatoms. The number of dihydropyridines is 1. The van der Waals surface area contributed by atoms with Gasteiger partial charge < -0.3 is 0 Å². The van der Waals surface area contributed by atoms with Crippen LogP contribution in [0.2, 0.25) is 0 Å². The quantitative estimate of drug-likeness (QED) is 0.629. The molecule has 0 radical (unpaired) electrons. The Kier molecular flexibility index (Phi) is 4.36. The van der Waals surface area contributed by atoms with Gasteiger partial charge in [-0.15, -0.1) is 11.3 Å². The molecule has 1 aromatic carbocycles. The van der Waals surface area contributed by atoms with Crippen LogP contribution in [0.5, 0.6) is 0 Å². The number of hydrogen-bond acceptors (Lipinski definition) is 4. The van der Waals surface area contributed by atoms with Crippen molar-refractivity contribution in [3.05, 3.63) is 93.9 Å². The van der Waals surface area contributed by atoms with Gasteiger partial charge in [-0.2, -0.15) is 0 Å². The van der Waals surface area contributed by atoms with Gasteiger partial charge in [0.05, 0.1) is 22.5 Å². The number of nitrogens with zero attached hydrogens (tertiary/aromatic N) is 2. The predicted molar refractivity (Wildman–Crippen MR) is 102 cm³/mol. The Morgan fingerprint density at radius 2 is 1.84 bits per heavy atom. The van der Waals surface area contributed by atoms with Crippen molar-refractivity contribution in [1.82, 2.24) is 4.98 Å². The van der Waals surface area contributed by atoms with Gasteiger partial charge in [-0.3, -0.25) is 14.8 Å². The van der Waals surface area contributed by atoms with Crippen LogP contribution in [-0.4, -0.2) is 17.5 Å². The van der Waals surface area contributed by atoms with E-state index in [1.54, 1.807) is 6.20 Å². The fourth-order valence-electron chi connectivity index (χ4n) is 3.11. The molecule has 0 bridgehead atoms. The molecule has 2 atom stereocenters. The minimum Gasteiger partial charge on any atom is -0.297 e. The van der Waals surface area contributed by atoms with Crippen molar-refractivity contribution in [2.75, 3.05) is 0 Å². The number of carbonyl (C=O) groups is 1. The Morgan fingerprint density at radius 1 is 1.00 bits per heavy atom. The topological polar surface area (TPSA) is 42.3 Å². The lowest BCUT2D eigenvalue weighted by Gasteiger charge is -2.24. The second-order valence-electron chi connectivity index (χ2n) is 5.83. The van der Waals surface area contributed by atoms with Crippen LogP contribution >= 0.6 is 11.3 Å². The first-order valence-electron chi connectivity index (χ1n) is 8.11. The second-order valence-corrected chi connectivity index (χ2v) is 6.78. The fraction of sp³-hybridized carbons (Fsp3) is 0.0952. The zero-order chi connectivity index (χ0) is 17.1. The third kappa shape index (κ3) is 3.08. The first-order valence-corrected chi connectivity index (χ1v) is 8.98. The number of rotatable bonds is 4. The van der Waals surface area contributed by atoms with E-state index >= 15 is 0 Å². The number of aldehydes is 1. The van der Waals surface area contributed by atoms with Crippen molar-refractivity contribution in [2.24, 2.45) is 4.99 Å². The van der Waals surface area contributed by atoms with Crippen LogP contribution in [0.25, 0.3) is 5.57 Å². The lowest BCUT2D eigenvalue weighted by atomic mass is 9.87. The summed E-state index contributed by atoms with van der Waals surface area (Å²) in [5.74, 6) is 0.00978. The minimum atomic E-state index is -0.102. The van der Waals surface area contributed by atoms with Gasteiger partial charge in [-0.25, -0.2) is 0 Å². The summed E-state index contributed by atoms with van der Waals surface area (Å²) < 4.78 is 0. The molecule has 3 heterocycles. The molecule has 3 aromatic rings. The minimum absolute atomic E-state index is 0.00978. The second kappa shape index (κ2) is 6.95. The summed E-state index contributed by atoms with van der Waals surface area (Å²) in [6.45, 7) is 0. The monoisotopic (exact) mass is 344 g/mol.